The highest BCUT2D eigenvalue weighted by Crippen LogP contribution is 2.57. The van der Waals surface area contributed by atoms with Crippen molar-refractivity contribution in [2.45, 2.75) is 0 Å². The molecule has 0 saturated heterocycles. The molecule has 8 heteroatoms. The van der Waals surface area contributed by atoms with Gasteiger partial charge in [0.25, 0.3) is 7.23 Å². The zero-order chi connectivity index (χ0) is 7.71. The first kappa shape index (κ1) is 9.80. The third-order valence-electron chi connectivity index (χ3n) is 0.265. The lowest BCUT2D eigenvalue weighted by Crippen LogP contribution is -1.81. The van der Waals surface area contributed by atoms with Gasteiger partial charge in [0.15, 0.2) is 0 Å². The molecule has 9 heavy (non-hydrogen) atoms. The largest absolute Gasteiger partial charge is 0.331 e. The van der Waals surface area contributed by atoms with E-state index in [0.29, 0.717) is 0 Å². The molecule has 0 amide bonds. The molecule has 0 aliphatic rings. The summed E-state index contributed by atoms with van der Waals surface area (Å²) >= 11 is 0. The van der Waals surface area contributed by atoms with Gasteiger partial charge in [-0.2, -0.15) is 0 Å². The van der Waals surface area contributed by atoms with Crippen molar-refractivity contribution >= 4 is 23.4 Å². The second-order valence-corrected chi connectivity index (χ2v) is 6.52. The van der Waals surface area contributed by atoms with Crippen LogP contribution in [0.1, 0.15) is 0 Å². The fourth-order valence-electron chi connectivity index (χ4n) is 0.211. The number of hydrogen-bond acceptors (Lipinski definition) is 2. The molecule has 0 saturated carbocycles. The van der Waals surface area contributed by atoms with Crippen LogP contribution in [0, 0.1) is 0 Å². The molecule has 0 spiro atoms. The SMILES string of the molecule is CP(=O)(O)OP(O)(O)=P. The third kappa shape index (κ3) is 8.80. The van der Waals surface area contributed by atoms with Crippen LogP contribution >= 0.6 is 23.4 Å². The van der Waals surface area contributed by atoms with Crippen molar-refractivity contribution in [3.05, 3.63) is 0 Å². The first-order valence-electron chi connectivity index (χ1n) is 1.82. The molecular formula is CH7O5P3. The minimum absolute atomic E-state index is 0.855. The van der Waals surface area contributed by atoms with E-state index in [2.05, 4.69) is 12.8 Å². The smallest absolute Gasteiger partial charge is 0.330 e. The van der Waals surface area contributed by atoms with E-state index in [1.54, 1.807) is 0 Å². The summed E-state index contributed by atoms with van der Waals surface area (Å²) in [6, 6.07) is 0. The minimum atomic E-state index is -3.79. The zero-order valence-corrected chi connectivity index (χ0v) is 7.34. The first-order valence-corrected chi connectivity index (χ1v) is 6.80. The first-order chi connectivity index (χ1) is 3.71. The lowest BCUT2D eigenvalue weighted by Gasteiger charge is -2.10. The molecule has 0 aliphatic carbocycles. The van der Waals surface area contributed by atoms with Gasteiger partial charge in [-0.3, -0.25) is 4.57 Å². The molecule has 5 nitrogen and oxygen atoms in total. The molecule has 1 atom stereocenters. The monoisotopic (exact) mass is 192 g/mol. The molecule has 56 valence electrons. The van der Waals surface area contributed by atoms with E-state index in [0.717, 1.165) is 6.66 Å². The Labute approximate surface area is 54.5 Å². The summed E-state index contributed by atoms with van der Waals surface area (Å²) in [5.41, 5.74) is 0. The summed E-state index contributed by atoms with van der Waals surface area (Å²) in [5.74, 6) is 0. The Bertz CT molecular complexity index is 153. The van der Waals surface area contributed by atoms with Gasteiger partial charge in [0, 0.05) is 6.66 Å². The second-order valence-electron chi connectivity index (χ2n) is 1.43. The summed E-state index contributed by atoms with van der Waals surface area (Å²) in [7, 11) is -5.20. The van der Waals surface area contributed by atoms with Gasteiger partial charge >= 0.3 is 7.60 Å². The standard InChI is InChI=1S/CH7O5P3/c1-8(2,3)6-9(4,5)7/h4-5,7H,1H3,(H,2,3). The van der Waals surface area contributed by atoms with Crippen LogP contribution in [-0.4, -0.2) is 21.3 Å². The topological polar surface area (TPSA) is 87.0 Å². The molecular weight excluding hydrogens is 185 g/mol. The van der Waals surface area contributed by atoms with Crippen molar-refractivity contribution in [2.24, 2.45) is 0 Å². The Balaban J connectivity index is 4.07. The maximum absolute atomic E-state index is 10.2. The molecule has 0 bridgehead atoms. The molecule has 0 heterocycles. The predicted octanol–water partition coefficient (Wildman–Crippen LogP) is 0.623. The normalized spacial score (nSPS) is 19.1. The van der Waals surface area contributed by atoms with Crippen molar-refractivity contribution in [3.63, 3.8) is 0 Å². The molecule has 0 radical (unpaired) electrons. The summed E-state index contributed by atoms with van der Waals surface area (Å²) in [6.07, 6.45) is 0. The lowest BCUT2D eigenvalue weighted by atomic mass is 12.0. The van der Waals surface area contributed by atoms with Crippen molar-refractivity contribution in [1.82, 2.24) is 0 Å². The molecule has 0 fully saturated rings. The molecule has 0 rings (SSSR count). The van der Waals surface area contributed by atoms with Gasteiger partial charge in [-0.15, -0.1) is 0 Å². The van der Waals surface area contributed by atoms with Gasteiger partial charge in [-0.25, -0.2) is 4.31 Å². The van der Waals surface area contributed by atoms with Gasteiger partial charge in [0.05, 0.1) is 0 Å². The Morgan fingerprint density at radius 1 is 1.44 bits per heavy atom. The Morgan fingerprint density at radius 3 is 1.78 bits per heavy atom. The predicted molar refractivity (Wildman–Crippen MR) is 36.5 cm³/mol. The second kappa shape index (κ2) is 2.81. The fraction of sp³-hybridized carbons (Fsp3) is 1.00. The van der Waals surface area contributed by atoms with Gasteiger partial charge in [0.2, 0.25) is 0 Å². The van der Waals surface area contributed by atoms with Crippen LogP contribution in [0.15, 0.2) is 0 Å². The third-order valence-corrected chi connectivity index (χ3v) is 3.12. The van der Waals surface area contributed by atoms with Gasteiger partial charge in [-0.05, 0) is 8.53 Å². The van der Waals surface area contributed by atoms with Crippen LogP contribution in [0.2, 0.25) is 0 Å². The Kier molecular flexibility index (Phi) is 3.06. The average molecular weight is 192 g/mol. The van der Waals surface area contributed by atoms with Crippen molar-refractivity contribution in [1.29, 1.82) is 0 Å². The molecule has 0 aromatic carbocycles. The molecule has 0 aliphatic heterocycles. The Hall–Kier alpha value is 0.800. The highest BCUT2D eigenvalue weighted by atomic mass is 31.8. The zero-order valence-electron chi connectivity index (χ0n) is 4.55. The van der Waals surface area contributed by atoms with E-state index in [-0.39, 0.29) is 0 Å². The van der Waals surface area contributed by atoms with E-state index < -0.39 is 14.8 Å². The van der Waals surface area contributed by atoms with E-state index in [9.17, 15) is 4.57 Å². The average Bonchev–Trinajstić information content (AvgIpc) is 1.14. The van der Waals surface area contributed by atoms with Crippen molar-refractivity contribution in [3.8, 4) is 0 Å². The van der Waals surface area contributed by atoms with Gasteiger partial charge < -0.3 is 14.7 Å². The summed E-state index contributed by atoms with van der Waals surface area (Å²) in [4.78, 5) is 25.1. The van der Waals surface area contributed by atoms with Crippen molar-refractivity contribution in [2.75, 3.05) is 6.66 Å². The van der Waals surface area contributed by atoms with Crippen LogP contribution < -0.4 is 0 Å². The highest BCUT2D eigenvalue weighted by Gasteiger charge is 2.19. The number of hydrogen-bond donors (Lipinski definition) is 3. The molecule has 0 aromatic heterocycles. The van der Waals surface area contributed by atoms with Crippen LogP contribution in [0.25, 0.3) is 0 Å². The van der Waals surface area contributed by atoms with Crippen LogP contribution in [0.5, 0.6) is 0 Å². The van der Waals surface area contributed by atoms with Crippen molar-refractivity contribution < 1.29 is 23.6 Å². The lowest BCUT2D eigenvalue weighted by molar-refractivity contribution is 0.329. The summed E-state index contributed by atoms with van der Waals surface area (Å²) in [6.45, 7) is 0.855. The van der Waals surface area contributed by atoms with E-state index in [1.165, 1.54) is 0 Å². The van der Waals surface area contributed by atoms with Crippen LogP contribution in [0.4, 0.5) is 0 Å². The Morgan fingerprint density at radius 2 is 1.78 bits per heavy atom. The van der Waals surface area contributed by atoms with Gasteiger partial charge in [-0.1, -0.05) is 0 Å². The summed E-state index contributed by atoms with van der Waals surface area (Å²) < 4.78 is 14.1. The minimum Gasteiger partial charge on any atom is -0.330 e. The molecule has 3 N–H and O–H groups in total. The molecule has 0 aromatic rings. The quantitative estimate of drug-likeness (QED) is 0.558. The summed E-state index contributed by atoms with van der Waals surface area (Å²) in [5, 5.41) is 0. The maximum atomic E-state index is 10.2. The van der Waals surface area contributed by atoms with E-state index >= 15 is 0 Å². The van der Waals surface area contributed by atoms with E-state index in [4.69, 9.17) is 14.7 Å². The van der Waals surface area contributed by atoms with Gasteiger partial charge in [0.1, 0.15) is 0 Å². The number of rotatable bonds is 2. The maximum Gasteiger partial charge on any atom is 0.331 e. The fourth-order valence-corrected chi connectivity index (χ4v) is 3.26. The highest BCUT2D eigenvalue weighted by molar-refractivity contribution is 7.91. The van der Waals surface area contributed by atoms with Crippen LogP contribution in [0.3, 0.4) is 0 Å². The van der Waals surface area contributed by atoms with E-state index in [1.807, 2.05) is 0 Å². The molecule has 1 unspecified atom stereocenters. The van der Waals surface area contributed by atoms with Crippen LogP contribution in [-0.2, 0) is 8.88 Å².